The predicted octanol–water partition coefficient (Wildman–Crippen LogP) is 3.78. The number of nitrogens with zero attached hydrogens (tertiary/aromatic N) is 5. The van der Waals surface area contributed by atoms with Gasteiger partial charge in [-0.3, -0.25) is 4.40 Å². The number of ether oxygens (including phenoxy) is 3. The van der Waals surface area contributed by atoms with E-state index in [1.165, 1.54) is 0 Å². The second-order valence-electron chi connectivity index (χ2n) is 10.3. The molecule has 2 aromatic heterocycles. The first-order valence-corrected chi connectivity index (χ1v) is 16.2. The van der Waals surface area contributed by atoms with Gasteiger partial charge in [-0.2, -0.15) is 4.72 Å². The number of hydrogen-bond donors (Lipinski definition) is 1. The Labute approximate surface area is 257 Å². The number of hydrogen-bond acceptors (Lipinski definition) is 9. The van der Waals surface area contributed by atoms with Crippen LogP contribution in [0.3, 0.4) is 0 Å². The highest BCUT2D eigenvalue weighted by molar-refractivity contribution is 7.89. The number of carbonyl (C=O) groups excluding carboxylic acids is 1. The summed E-state index contributed by atoms with van der Waals surface area (Å²) in [7, 11) is -3.99. The van der Waals surface area contributed by atoms with E-state index in [4.69, 9.17) is 14.2 Å². The quantitative estimate of drug-likeness (QED) is 0.237. The Kier molecular flexibility index (Phi) is 10.4. The summed E-state index contributed by atoms with van der Waals surface area (Å²) in [5.41, 5.74) is 2.95. The van der Waals surface area contributed by atoms with E-state index >= 15 is 0 Å². The molecule has 1 atom stereocenters. The molecule has 1 saturated heterocycles. The molecule has 12 nitrogen and oxygen atoms in total. The molecule has 1 aliphatic heterocycles. The summed E-state index contributed by atoms with van der Waals surface area (Å²) in [5, 5.41) is 8.65. The van der Waals surface area contributed by atoms with Crippen molar-refractivity contribution in [2.45, 2.75) is 38.0 Å². The molecule has 13 heteroatoms. The van der Waals surface area contributed by atoms with Gasteiger partial charge in [-0.15, -0.1) is 10.2 Å². The summed E-state index contributed by atoms with van der Waals surface area (Å²) in [4.78, 5) is 16.5. The average Bonchev–Trinajstić information content (AvgIpc) is 3.50. The fourth-order valence-electron chi connectivity index (χ4n) is 5.05. The summed E-state index contributed by atoms with van der Waals surface area (Å²) in [6, 6.07) is 20.8. The lowest BCUT2D eigenvalue weighted by molar-refractivity contribution is 0.0245. The number of morpholine rings is 1. The number of rotatable bonds is 13. The summed E-state index contributed by atoms with van der Waals surface area (Å²) >= 11 is 0. The van der Waals surface area contributed by atoms with Gasteiger partial charge >= 0.3 is 6.09 Å². The van der Waals surface area contributed by atoms with Crippen LogP contribution < -0.4 is 9.62 Å². The molecule has 2 aromatic carbocycles. The molecule has 0 bridgehead atoms. The second kappa shape index (κ2) is 14.6. The van der Waals surface area contributed by atoms with Gasteiger partial charge in [-0.25, -0.2) is 13.2 Å². The lowest BCUT2D eigenvalue weighted by atomic mass is 10.2. The number of pyridine rings is 1. The third-order valence-electron chi connectivity index (χ3n) is 7.43. The number of anilines is 1. The van der Waals surface area contributed by atoms with E-state index in [9.17, 15) is 13.2 Å². The van der Waals surface area contributed by atoms with Crippen molar-refractivity contribution < 1.29 is 27.4 Å². The van der Waals surface area contributed by atoms with Crippen molar-refractivity contribution in [2.75, 3.05) is 50.9 Å². The molecule has 4 aromatic rings. The van der Waals surface area contributed by atoms with Crippen LogP contribution in [0, 0.1) is 0 Å². The zero-order valence-corrected chi connectivity index (χ0v) is 25.8. The highest BCUT2D eigenvalue weighted by atomic mass is 32.2. The highest BCUT2D eigenvalue weighted by Crippen LogP contribution is 2.23. The van der Waals surface area contributed by atoms with Crippen LogP contribution in [0.1, 0.15) is 37.0 Å². The molecule has 1 unspecified atom stereocenters. The summed E-state index contributed by atoms with van der Waals surface area (Å²) in [5.74, 6) is 0.314. The van der Waals surface area contributed by atoms with Crippen LogP contribution in [0.5, 0.6) is 0 Å². The first kappa shape index (κ1) is 31.4. The van der Waals surface area contributed by atoms with Crippen molar-refractivity contribution in [1.29, 1.82) is 0 Å². The van der Waals surface area contributed by atoms with Crippen LogP contribution in [0.15, 0.2) is 77.7 Å². The molecule has 0 spiro atoms. The van der Waals surface area contributed by atoms with Gasteiger partial charge < -0.3 is 24.0 Å². The third-order valence-corrected chi connectivity index (χ3v) is 8.92. The van der Waals surface area contributed by atoms with Crippen LogP contribution in [0.4, 0.5) is 10.5 Å². The standard InChI is InChI=1S/C31H38N6O6S/c1-3-35(4-2)25-13-15-27(16-14-25)44(39,40)34-28(23-42-21-24-9-6-5-7-10-24)30-33-32-29-12-8-11-26(37(29)30)22-43-31(38)36-17-19-41-20-18-36/h5-16,28,34H,3-4,17-23H2,1-2H3. The first-order chi connectivity index (χ1) is 21.4. The first-order valence-electron chi connectivity index (χ1n) is 14.7. The minimum atomic E-state index is -3.99. The summed E-state index contributed by atoms with van der Waals surface area (Å²) < 4.78 is 48.8. The summed E-state index contributed by atoms with van der Waals surface area (Å²) in [6.45, 7) is 7.76. The maximum atomic E-state index is 13.7. The molecular weight excluding hydrogens is 584 g/mol. The fourth-order valence-corrected chi connectivity index (χ4v) is 6.23. The van der Waals surface area contributed by atoms with Crippen LogP contribution >= 0.6 is 0 Å². The van der Waals surface area contributed by atoms with Crippen LogP contribution in [-0.2, 0) is 37.4 Å². The van der Waals surface area contributed by atoms with Gasteiger partial charge in [0.15, 0.2) is 11.5 Å². The van der Waals surface area contributed by atoms with Gasteiger partial charge in [0.2, 0.25) is 10.0 Å². The average molecular weight is 623 g/mol. The number of carbonyl (C=O) groups is 1. The van der Waals surface area contributed by atoms with Crippen molar-refractivity contribution in [3.05, 3.63) is 89.9 Å². The number of sulfonamides is 1. The molecule has 0 aliphatic carbocycles. The van der Waals surface area contributed by atoms with Crippen molar-refractivity contribution in [3.63, 3.8) is 0 Å². The van der Waals surface area contributed by atoms with Gasteiger partial charge in [-0.05, 0) is 55.8 Å². The molecule has 1 N–H and O–H groups in total. The molecule has 44 heavy (non-hydrogen) atoms. The molecule has 3 heterocycles. The van der Waals surface area contributed by atoms with E-state index in [2.05, 4.69) is 33.7 Å². The van der Waals surface area contributed by atoms with E-state index in [-0.39, 0.29) is 24.7 Å². The normalized spacial score (nSPS) is 14.5. The largest absolute Gasteiger partial charge is 0.443 e. The lowest BCUT2D eigenvalue weighted by Gasteiger charge is -2.26. The minimum absolute atomic E-state index is 0.0195. The van der Waals surface area contributed by atoms with Gasteiger partial charge in [0.25, 0.3) is 0 Å². The van der Waals surface area contributed by atoms with Crippen molar-refractivity contribution in [2.24, 2.45) is 0 Å². The van der Waals surface area contributed by atoms with Crippen molar-refractivity contribution >= 4 is 27.5 Å². The van der Waals surface area contributed by atoms with E-state index in [1.54, 1.807) is 51.8 Å². The molecule has 0 radical (unpaired) electrons. The monoisotopic (exact) mass is 622 g/mol. The Morgan fingerprint density at radius 2 is 1.68 bits per heavy atom. The maximum absolute atomic E-state index is 13.7. The predicted molar refractivity (Wildman–Crippen MR) is 165 cm³/mol. The van der Waals surface area contributed by atoms with Crippen molar-refractivity contribution in [1.82, 2.24) is 24.2 Å². The number of benzene rings is 2. The Balaban J connectivity index is 1.41. The Hall–Kier alpha value is -4.04. The molecule has 1 fully saturated rings. The Bertz CT molecular complexity index is 1620. The zero-order chi connectivity index (χ0) is 30.9. The molecule has 1 amide bonds. The number of aromatic nitrogens is 3. The molecule has 234 valence electrons. The highest BCUT2D eigenvalue weighted by Gasteiger charge is 2.27. The molecule has 0 saturated carbocycles. The van der Waals surface area contributed by atoms with E-state index in [0.717, 1.165) is 24.3 Å². The fraction of sp³-hybridized carbons (Fsp3) is 0.387. The minimum Gasteiger partial charge on any atom is -0.443 e. The van der Waals surface area contributed by atoms with Crippen LogP contribution in [-0.4, -0.2) is 80.0 Å². The lowest BCUT2D eigenvalue weighted by Crippen LogP contribution is -2.41. The topological polar surface area (TPSA) is 128 Å². The van der Waals surface area contributed by atoms with Crippen LogP contribution in [0.2, 0.25) is 0 Å². The van der Waals surface area contributed by atoms with E-state index < -0.39 is 22.2 Å². The van der Waals surface area contributed by atoms with E-state index in [0.29, 0.717) is 43.5 Å². The third kappa shape index (κ3) is 7.53. The number of nitrogens with one attached hydrogen (secondary N) is 1. The molecule has 1 aliphatic rings. The van der Waals surface area contributed by atoms with Gasteiger partial charge in [-0.1, -0.05) is 36.4 Å². The van der Waals surface area contributed by atoms with Gasteiger partial charge in [0.1, 0.15) is 12.6 Å². The number of amides is 1. The van der Waals surface area contributed by atoms with E-state index in [1.807, 2.05) is 30.3 Å². The summed E-state index contributed by atoms with van der Waals surface area (Å²) in [6.07, 6.45) is -0.448. The molecule has 5 rings (SSSR count). The molecular formula is C31H38N6O6S. The van der Waals surface area contributed by atoms with Gasteiger partial charge in [0.05, 0.1) is 37.0 Å². The maximum Gasteiger partial charge on any atom is 0.410 e. The van der Waals surface area contributed by atoms with Crippen molar-refractivity contribution in [3.8, 4) is 0 Å². The Morgan fingerprint density at radius 1 is 0.955 bits per heavy atom. The Morgan fingerprint density at radius 3 is 2.39 bits per heavy atom. The van der Waals surface area contributed by atoms with Gasteiger partial charge in [0, 0.05) is 31.9 Å². The second-order valence-corrected chi connectivity index (χ2v) is 12.0. The smallest absolute Gasteiger partial charge is 0.410 e. The number of fused-ring (bicyclic) bond motifs is 1. The van der Waals surface area contributed by atoms with Crippen LogP contribution in [0.25, 0.3) is 5.65 Å². The zero-order valence-electron chi connectivity index (χ0n) is 25.0. The SMILES string of the molecule is CCN(CC)c1ccc(S(=O)(=O)NC(COCc2ccccc2)c2nnc3cccc(COC(=O)N4CCOCC4)n23)cc1.